The number of nitrogens with one attached hydrogen (secondary N) is 1. The van der Waals surface area contributed by atoms with E-state index in [2.05, 4.69) is 12.2 Å². The van der Waals surface area contributed by atoms with E-state index in [0.29, 0.717) is 6.42 Å². The van der Waals surface area contributed by atoms with Crippen LogP contribution in [0.15, 0.2) is 0 Å². The van der Waals surface area contributed by atoms with E-state index in [1.54, 1.807) is 14.2 Å². The molecule has 0 aromatic carbocycles. The highest BCUT2D eigenvalue weighted by Gasteiger charge is 2.37. The van der Waals surface area contributed by atoms with Gasteiger partial charge in [-0.05, 0) is 32.2 Å². The van der Waals surface area contributed by atoms with Gasteiger partial charge in [-0.1, -0.05) is 13.3 Å². The molecular formula is C13H27NO3. The van der Waals surface area contributed by atoms with Gasteiger partial charge in [-0.2, -0.15) is 0 Å². The molecule has 3 unspecified atom stereocenters. The Kier molecular flexibility index (Phi) is 5.86. The largest absolute Gasteiger partial charge is 0.388 e. The van der Waals surface area contributed by atoms with Crippen LogP contribution in [0.4, 0.5) is 0 Å². The van der Waals surface area contributed by atoms with Gasteiger partial charge in [0, 0.05) is 26.7 Å². The maximum absolute atomic E-state index is 10.6. The summed E-state index contributed by atoms with van der Waals surface area (Å²) in [6.45, 7) is 5.08. The average molecular weight is 245 g/mol. The SMILES string of the molecule is CCC1CCNC(C(C)(O)CC(OC)OC)C1. The molecule has 0 bridgehead atoms. The molecular weight excluding hydrogens is 218 g/mol. The maximum atomic E-state index is 10.6. The molecule has 0 saturated carbocycles. The number of methoxy groups -OCH3 is 2. The minimum Gasteiger partial charge on any atom is -0.388 e. The average Bonchev–Trinajstić information content (AvgIpc) is 2.36. The summed E-state index contributed by atoms with van der Waals surface area (Å²) in [4.78, 5) is 0. The van der Waals surface area contributed by atoms with Crippen LogP contribution in [0.5, 0.6) is 0 Å². The van der Waals surface area contributed by atoms with Crippen molar-refractivity contribution in [2.75, 3.05) is 20.8 Å². The van der Waals surface area contributed by atoms with Crippen LogP contribution in [0, 0.1) is 5.92 Å². The fraction of sp³-hybridized carbons (Fsp3) is 1.00. The Morgan fingerprint density at radius 2 is 2.06 bits per heavy atom. The molecule has 1 saturated heterocycles. The van der Waals surface area contributed by atoms with Crippen LogP contribution in [0.3, 0.4) is 0 Å². The molecule has 0 aromatic heterocycles. The van der Waals surface area contributed by atoms with Crippen molar-refractivity contribution in [1.82, 2.24) is 5.32 Å². The van der Waals surface area contributed by atoms with E-state index in [0.717, 1.165) is 18.9 Å². The summed E-state index contributed by atoms with van der Waals surface area (Å²) in [5.74, 6) is 0.719. The van der Waals surface area contributed by atoms with Gasteiger partial charge in [0.15, 0.2) is 6.29 Å². The zero-order valence-corrected chi connectivity index (χ0v) is 11.5. The molecule has 4 heteroatoms. The first-order chi connectivity index (χ1) is 8.03. The second-order valence-electron chi connectivity index (χ2n) is 5.27. The molecule has 3 atom stereocenters. The van der Waals surface area contributed by atoms with E-state index in [1.807, 2.05) is 6.92 Å². The second-order valence-corrected chi connectivity index (χ2v) is 5.27. The normalized spacial score (nSPS) is 29.3. The van der Waals surface area contributed by atoms with Crippen LogP contribution < -0.4 is 5.32 Å². The molecule has 1 fully saturated rings. The predicted molar refractivity (Wildman–Crippen MR) is 67.9 cm³/mol. The second kappa shape index (κ2) is 6.69. The predicted octanol–water partition coefficient (Wildman–Crippen LogP) is 1.52. The molecule has 0 radical (unpaired) electrons. The van der Waals surface area contributed by atoms with E-state index in [-0.39, 0.29) is 12.3 Å². The molecule has 4 nitrogen and oxygen atoms in total. The van der Waals surface area contributed by atoms with Crippen molar-refractivity contribution in [3.63, 3.8) is 0 Å². The van der Waals surface area contributed by atoms with Gasteiger partial charge >= 0.3 is 0 Å². The zero-order chi connectivity index (χ0) is 12.9. The van der Waals surface area contributed by atoms with Gasteiger partial charge in [0.05, 0.1) is 5.60 Å². The summed E-state index contributed by atoms with van der Waals surface area (Å²) in [5, 5.41) is 14.0. The van der Waals surface area contributed by atoms with Crippen molar-refractivity contribution in [2.45, 2.75) is 57.5 Å². The lowest BCUT2D eigenvalue weighted by Crippen LogP contribution is -2.54. The Bertz CT molecular complexity index is 217. The highest BCUT2D eigenvalue weighted by molar-refractivity contribution is 4.92. The van der Waals surface area contributed by atoms with Gasteiger partial charge in [-0.3, -0.25) is 0 Å². The van der Waals surface area contributed by atoms with E-state index in [9.17, 15) is 5.11 Å². The topological polar surface area (TPSA) is 50.7 Å². The van der Waals surface area contributed by atoms with Gasteiger partial charge in [0.1, 0.15) is 0 Å². The third-order valence-corrected chi connectivity index (χ3v) is 3.95. The molecule has 1 rings (SSSR count). The van der Waals surface area contributed by atoms with E-state index >= 15 is 0 Å². The monoisotopic (exact) mass is 245 g/mol. The smallest absolute Gasteiger partial charge is 0.159 e. The van der Waals surface area contributed by atoms with Gasteiger partial charge in [-0.15, -0.1) is 0 Å². The first-order valence-corrected chi connectivity index (χ1v) is 6.54. The minimum absolute atomic E-state index is 0.133. The number of piperidine rings is 1. The summed E-state index contributed by atoms with van der Waals surface area (Å²) < 4.78 is 10.3. The lowest BCUT2D eigenvalue weighted by Gasteiger charge is -2.40. The van der Waals surface area contributed by atoms with Crippen molar-refractivity contribution in [3.8, 4) is 0 Å². The van der Waals surface area contributed by atoms with Crippen molar-refractivity contribution in [2.24, 2.45) is 5.92 Å². The molecule has 1 aliphatic heterocycles. The van der Waals surface area contributed by atoms with Crippen LogP contribution in [0.2, 0.25) is 0 Å². The number of hydrogen-bond donors (Lipinski definition) is 2. The Morgan fingerprint density at radius 1 is 1.41 bits per heavy atom. The minimum atomic E-state index is -0.787. The van der Waals surface area contributed by atoms with E-state index in [1.165, 1.54) is 12.8 Å². The van der Waals surface area contributed by atoms with Crippen molar-refractivity contribution in [1.29, 1.82) is 0 Å². The van der Waals surface area contributed by atoms with E-state index in [4.69, 9.17) is 9.47 Å². The van der Waals surface area contributed by atoms with E-state index < -0.39 is 5.60 Å². The van der Waals surface area contributed by atoms with Crippen LogP contribution in [0.25, 0.3) is 0 Å². The third kappa shape index (κ3) is 4.21. The van der Waals surface area contributed by atoms with Gasteiger partial charge in [-0.25, -0.2) is 0 Å². The maximum Gasteiger partial charge on any atom is 0.159 e. The van der Waals surface area contributed by atoms with Crippen LogP contribution in [0.1, 0.15) is 39.5 Å². The number of hydrogen-bond acceptors (Lipinski definition) is 4. The lowest BCUT2D eigenvalue weighted by molar-refractivity contribution is -0.148. The fourth-order valence-electron chi connectivity index (χ4n) is 2.58. The van der Waals surface area contributed by atoms with Gasteiger partial charge in [0.25, 0.3) is 0 Å². The Morgan fingerprint density at radius 3 is 2.59 bits per heavy atom. The fourth-order valence-corrected chi connectivity index (χ4v) is 2.58. The lowest BCUT2D eigenvalue weighted by atomic mass is 9.81. The summed E-state index contributed by atoms with van der Waals surface area (Å²) in [7, 11) is 3.21. The van der Waals surface area contributed by atoms with Gasteiger partial charge < -0.3 is 19.9 Å². The Balaban J connectivity index is 2.55. The number of aliphatic hydroxyl groups is 1. The summed E-state index contributed by atoms with van der Waals surface area (Å²) >= 11 is 0. The zero-order valence-electron chi connectivity index (χ0n) is 11.5. The molecule has 2 N–H and O–H groups in total. The summed E-state index contributed by atoms with van der Waals surface area (Å²) in [6, 6.07) is 0.133. The first kappa shape index (κ1) is 14.9. The standard InChI is InChI=1S/C13H27NO3/c1-5-10-6-7-14-11(8-10)13(2,15)9-12(16-3)17-4/h10-12,14-15H,5-9H2,1-4H3. The number of ether oxygens (including phenoxy) is 2. The molecule has 17 heavy (non-hydrogen) atoms. The quantitative estimate of drug-likeness (QED) is 0.697. The number of rotatable bonds is 6. The van der Waals surface area contributed by atoms with Crippen LogP contribution in [-0.4, -0.2) is 43.8 Å². The van der Waals surface area contributed by atoms with Crippen molar-refractivity contribution < 1.29 is 14.6 Å². The molecule has 0 spiro atoms. The van der Waals surface area contributed by atoms with Gasteiger partial charge in [0.2, 0.25) is 0 Å². The first-order valence-electron chi connectivity index (χ1n) is 6.54. The summed E-state index contributed by atoms with van der Waals surface area (Å²) in [6.07, 6.45) is 3.58. The summed E-state index contributed by atoms with van der Waals surface area (Å²) in [5.41, 5.74) is -0.787. The highest BCUT2D eigenvalue weighted by Crippen LogP contribution is 2.28. The molecule has 102 valence electrons. The third-order valence-electron chi connectivity index (χ3n) is 3.95. The van der Waals surface area contributed by atoms with Crippen LogP contribution >= 0.6 is 0 Å². The highest BCUT2D eigenvalue weighted by atomic mass is 16.7. The molecule has 0 aromatic rings. The van der Waals surface area contributed by atoms with Crippen LogP contribution in [-0.2, 0) is 9.47 Å². The van der Waals surface area contributed by atoms with Crippen molar-refractivity contribution >= 4 is 0 Å². The molecule has 0 aliphatic carbocycles. The molecule has 1 aliphatic rings. The molecule has 0 amide bonds. The molecule has 1 heterocycles. The Hall–Kier alpha value is -0.160. The van der Waals surface area contributed by atoms with Crippen molar-refractivity contribution in [3.05, 3.63) is 0 Å². The Labute approximate surface area is 105 Å².